The van der Waals surface area contributed by atoms with Crippen molar-refractivity contribution in [2.24, 2.45) is 5.92 Å². The van der Waals surface area contributed by atoms with Gasteiger partial charge in [-0.3, -0.25) is 9.48 Å². The van der Waals surface area contributed by atoms with E-state index in [0.717, 1.165) is 18.4 Å². The van der Waals surface area contributed by atoms with Crippen molar-refractivity contribution in [1.82, 2.24) is 14.7 Å². The summed E-state index contributed by atoms with van der Waals surface area (Å²) in [7, 11) is 0. The van der Waals surface area contributed by atoms with Gasteiger partial charge < -0.3 is 19.5 Å². The van der Waals surface area contributed by atoms with Crippen molar-refractivity contribution in [3.63, 3.8) is 0 Å². The van der Waals surface area contributed by atoms with Gasteiger partial charge in [-0.05, 0) is 30.5 Å². The number of rotatable bonds is 4. The van der Waals surface area contributed by atoms with Crippen LogP contribution in [0.5, 0.6) is 11.5 Å². The fourth-order valence-electron chi connectivity index (χ4n) is 5.06. The van der Waals surface area contributed by atoms with Gasteiger partial charge in [-0.2, -0.15) is 5.10 Å². The molecule has 1 N–H and O–H groups in total. The number of carbonyl (C=O) groups excluding carboxylic acids is 1. The lowest BCUT2D eigenvalue weighted by atomic mass is 9.80. The molecule has 4 heterocycles. The summed E-state index contributed by atoms with van der Waals surface area (Å²) in [6, 6.07) is 5.73. The van der Waals surface area contributed by atoms with E-state index in [-0.39, 0.29) is 30.7 Å². The second kappa shape index (κ2) is 6.92. The summed E-state index contributed by atoms with van der Waals surface area (Å²) in [5.41, 5.74) is -0.118. The summed E-state index contributed by atoms with van der Waals surface area (Å²) in [4.78, 5) is 15.2. The van der Waals surface area contributed by atoms with Gasteiger partial charge in [-0.1, -0.05) is 24.6 Å². The Kier molecular flexibility index (Phi) is 4.47. The highest BCUT2D eigenvalue weighted by molar-refractivity contribution is 6.30. The number of carbonyl (C=O) groups is 1. The van der Waals surface area contributed by atoms with Crippen LogP contribution in [-0.2, 0) is 16.9 Å². The summed E-state index contributed by atoms with van der Waals surface area (Å²) in [5, 5.41) is 16.2. The number of aromatic nitrogens is 2. The molecule has 1 amide bonds. The van der Waals surface area contributed by atoms with Crippen LogP contribution < -0.4 is 9.47 Å². The molecule has 3 aliphatic rings. The third-order valence-electron chi connectivity index (χ3n) is 6.42. The van der Waals surface area contributed by atoms with E-state index in [2.05, 4.69) is 5.10 Å². The first-order valence-corrected chi connectivity index (χ1v) is 10.4. The predicted molar refractivity (Wildman–Crippen MR) is 106 cm³/mol. The first-order chi connectivity index (χ1) is 13.9. The summed E-state index contributed by atoms with van der Waals surface area (Å²) in [6.45, 7) is 2.63. The van der Waals surface area contributed by atoms with E-state index in [0.29, 0.717) is 35.9 Å². The Morgan fingerprint density at radius 3 is 2.72 bits per heavy atom. The van der Waals surface area contributed by atoms with Gasteiger partial charge in [-0.15, -0.1) is 0 Å². The molecule has 2 fully saturated rings. The maximum atomic E-state index is 13.2. The highest BCUT2D eigenvalue weighted by Gasteiger charge is 2.50. The molecule has 0 radical (unpaired) electrons. The third-order valence-corrected chi connectivity index (χ3v) is 6.61. The van der Waals surface area contributed by atoms with Crippen molar-refractivity contribution < 1.29 is 19.4 Å². The molecule has 3 unspecified atom stereocenters. The molecule has 5 rings (SSSR count). The maximum absolute atomic E-state index is 13.2. The van der Waals surface area contributed by atoms with Gasteiger partial charge in [0.15, 0.2) is 11.5 Å². The van der Waals surface area contributed by atoms with Gasteiger partial charge in [0.2, 0.25) is 12.7 Å². The van der Waals surface area contributed by atoms with Crippen LogP contribution in [0.1, 0.15) is 38.2 Å². The molecule has 1 aromatic carbocycles. The van der Waals surface area contributed by atoms with E-state index in [4.69, 9.17) is 21.1 Å². The molecule has 8 heteroatoms. The zero-order valence-electron chi connectivity index (χ0n) is 16.3. The van der Waals surface area contributed by atoms with Gasteiger partial charge in [-0.25, -0.2) is 0 Å². The highest BCUT2D eigenvalue weighted by atomic mass is 35.5. The van der Waals surface area contributed by atoms with Gasteiger partial charge >= 0.3 is 0 Å². The largest absolute Gasteiger partial charge is 0.454 e. The fraction of sp³-hybridized carbons (Fsp3) is 0.524. The number of ether oxygens (including phenoxy) is 2. The Morgan fingerprint density at radius 2 is 2.03 bits per heavy atom. The molecule has 3 aliphatic heterocycles. The number of nitrogens with zero attached hydrogens (tertiary/aromatic N) is 3. The van der Waals surface area contributed by atoms with Crippen LogP contribution in [-0.4, -0.2) is 44.6 Å². The molecule has 29 heavy (non-hydrogen) atoms. The topological polar surface area (TPSA) is 76.8 Å². The Balaban J connectivity index is 1.32. The van der Waals surface area contributed by atoms with Crippen LogP contribution in [0.25, 0.3) is 0 Å². The number of halogens is 1. The lowest BCUT2D eigenvalue weighted by Gasteiger charge is -2.45. The van der Waals surface area contributed by atoms with Crippen molar-refractivity contribution in [1.29, 1.82) is 0 Å². The van der Waals surface area contributed by atoms with E-state index < -0.39 is 5.60 Å². The molecule has 3 atom stereocenters. The molecule has 7 nitrogen and oxygen atoms in total. The minimum atomic E-state index is -0.956. The second-order valence-corrected chi connectivity index (χ2v) is 8.86. The van der Waals surface area contributed by atoms with Crippen molar-refractivity contribution in [2.45, 2.75) is 56.8 Å². The average Bonchev–Trinajstić information content (AvgIpc) is 3.39. The SMILES string of the molecule is CC(Cn1cc(Cl)cn1)C(=O)N1C2CCC1CC(O)(c1ccc3c(c1)OCO3)C2. The molecular weight excluding hydrogens is 394 g/mol. The minimum Gasteiger partial charge on any atom is -0.454 e. The molecule has 2 saturated heterocycles. The first kappa shape index (κ1) is 18.8. The van der Waals surface area contributed by atoms with Crippen LogP contribution in [0.2, 0.25) is 5.02 Å². The number of amides is 1. The zero-order chi connectivity index (χ0) is 20.2. The van der Waals surface area contributed by atoms with Crippen molar-refractivity contribution in [2.75, 3.05) is 6.79 Å². The van der Waals surface area contributed by atoms with Gasteiger partial charge in [0.05, 0.1) is 29.3 Å². The maximum Gasteiger partial charge on any atom is 0.231 e. The quantitative estimate of drug-likeness (QED) is 0.827. The monoisotopic (exact) mass is 417 g/mol. The molecular formula is C21H24ClN3O4. The first-order valence-electron chi connectivity index (χ1n) is 10.1. The molecule has 2 bridgehead atoms. The van der Waals surface area contributed by atoms with E-state index in [9.17, 15) is 9.90 Å². The van der Waals surface area contributed by atoms with Crippen LogP contribution in [0.15, 0.2) is 30.6 Å². The molecule has 0 saturated carbocycles. The van der Waals surface area contributed by atoms with Crippen molar-refractivity contribution in [3.8, 4) is 11.5 Å². The highest BCUT2D eigenvalue weighted by Crippen LogP contribution is 2.48. The van der Waals surface area contributed by atoms with Gasteiger partial charge in [0.1, 0.15) is 0 Å². The number of fused-ring (bicyclic) bond motifs is 3. The zero-order valence-corrected chi connectivity index (χ0v) is 17.0. The lowest BCUT2D eigenvalue weighted by molar-refractivity contribution is -0.146. The number of benzene rings is 1. The Labute approximate surface area is 174 Å². The van der Waals surface area contributed by atoms with E-state index in [1.807, 2.05) is 30.0 Å². The standard InChI is InChI=1S/C21H24ClN3O4/c1-13(10-24-11-15(22)9-23-24)20(26)25-16-3-4-17(25)8-21(27,7-16)14-2-5-18-19(6-14)29-12-28-18/h2,5-6,9,11,13,16-17,27H,3-4,7-8,10,12H2,1H3. The fourth-order valence-corrected chi connectivity index (χ4v) is 5.21. The summed E-state index contributed by atoms with van der Waals surface area (Å²) in [6.07, 6.45) is 6.22. The van der Waals surface area contributed by atoms with E-state index in [1.54, 1.807) is 17.1 Å². The summed E-state index contributed by atoms with van der Waals surface area (Å²) >= 11 is 5.93. The minimum absolute atomic E-state index is 0.0420. The normalized spacial score (nSPS) is 28.6. The van der Waals surface area contributed by atoms with Crippen LogP contribution in [0, 0.1) is 5.92 Å². The van der Waals surface area contributed by atoms with Gasteiger partial charge in [0, 0.05) is 31.1 Å². The summed E-state index contributed by atoms with van der Waals surface area (Å²) in [5.74, 6) is 1.30. The van der Waals surface area contributed by atoms with Gasteiger partial charge in [0.25, 0.3) is 0 Å². The molecule has 0 spiro atoms. The Morgan fingerprint density at radius 1 is 1.31 bits per heavy atom. The van der Waals surface area contributed by atoms with Crippen molar-refractivity contribution in [3.05, 3.63) is 41.2 Å². The van der Waals surface area contributed by atoms with Crippen LogP contribution >= 0.6 is 11.6 Å². The van der Waals surface area contributed by atoms with Crippen LogP contribution in [0.4, 0.5) is 0 Å². The molecule has 0 aliphatic carbocycles. The number of hydrogen-bond acceptors (Lipinski definition) is 5. The van der Waals surface area contributed by atoms with Crippen molar-refractivity contribution >= 4 is 17.5 Å². The second-order valence-electron chi connectivity index (χ2n) is 8.42. The Hall–Kier alpha value is -2.25. The molecule has 2 aromatic rings. The molecule has 1 aromatic heterocycles. The third kappa shape index (κ3) is 3.26. The number of piperidine rings is 1. The Bertz CT molecular complexity index is 932. The lowest BCUT2D eigenvalue weighted by Crippen LogP contribution is -2.53. The number of aliphatic hydroxyl groups is 1. The molecule has 154 valence electrons. The van der Waals surface area contributed by atoms with E-state index in [1.165, 1.54) is 0 Å². The van der Waals surface area contributed by atoms with E-state index >= 15 is 0 Å². The average molecular weight is 418 g/mol. The smallest absolute Gasteiger partial charge is 0.231 e. The number of hydrogen-bond donors (Lipinski definition) is 1. The summed E-state index contributed by atoms with van der Waals surface area (Å²) < 4.78 is 12.6. The predicted octanol–water partition coefficient (Wildman–Crippen LogP) is 2.94. The van der Waals surface area contributed by atoms with Crippen LogP contribution in [0.3, 0.4) is 0 Å².